The Morgan fingerprint density at radius 3 is 1.26 bits per heavy atom. The van der Waals surface area contributed by atoms with Crippen LogP contribution in [0.3, 0.4) is 0 Å². The Morgan fingerprint density at radius 1 is 0.436 bits per heavy atom. The molecule has 226 valence electrons. The van der Waals surface area contributed by atoms with E-state index < -0.39 is 0 Å². The van der Waals surface area contributed by atoms with Gasteiger partial charge in [-0.1, -0.05) is 113 Å². The fourth-order valence-corrected chi connectivity index (χ4v) is 6.02. The van der Waals surface area contributed by atoms with Crippen LogP contribution < -0.4 is 0 Å². The summed E-state index contributed by atoms with van der Waals surface area (Å²) in [6.45, 7) is 18.1. The zero-order chi connectivity index (χ0) is 28.7. The van der Waals surface area contributed by atoms with Crippen LogP contribution in [0.1, 0.15) is 180 Å². The van der Waals surface area contributed by atoms with Crippen LogP contribution in [0.25, 0.3) is 0 Å². The Bertz CT molecular complexity index is 591. The van der Waals surface area contributed by atoms with Gasteiger partial charge in [0.05, 0.1) is 0 Å². The van der Waals surface area contributed by atoms with Gasteiger partial charge in [0.25, 0.3) is 0 Å². The maximum absolute atomic E-state index is 3.95. The predicted octanol–water partition coefficient (Wildman–Crippen LogP) is 14.2. The summed E-state index contributed by atoms with van der Waals surface area (Å²) in [6.07, 6.45) is 44.5. The van der Waals surface area contributed by atoms with Crippen molar-refractivity contribution in [3.05, 3.63) is 61.8 Å². The number of allylic oxidation sites excluding steroid dienone is 6. The fourth-order valence-electron chi connectivity index (χ4n) is 6.02. The van der Waals surface area contributed by atoms with E-state index in [9.17, 15) is 0 Å². The average molecular weight is 539 g/mol. The summed E-state index contributed by atoms with van der Waals surface area (Å²) in [4.78, 5) is 0. The lowest BCUT2D eigenvalue weighted by Gasteiger charge is -2.26. The van der Waals surface area contributed by atoms with Crippen LogP contribution in [0, 0.1) is 5.92 Å². The topological polar surface area (TPSA) is 0 Å². The third-order valence-electron chi connectivity index (χ3n) is 8.44. The van der Waals surface area contributed by atoms with Crippen molar-refractivity contribution in [2.24, 2.45) is 5.92 Å². The summed E-state index contributed by atoms with van der Waals surface area (Å²) in [5, 5.41) is 0. The van der Waals surface area contributed by atoms with E-state index in [1.54, 1.807) is 0 Å². The highest BCUT2D eigenvalue weighted by atomic mass is 14.2. The average Bonchev–Trinajstić information content (AvgIpc) is 2.94. The maximum Gasteiger partial charge on any atom is -0.0201 e. The predicted molar refractivity (Wildman–Crippen MR) is 182 cm³/mol. The summed E-state index contributed by atoms with van der Waals surface area (Å²) in [5.41, 5.74) is 3.80. The van der Waals surface area contributed by atoms with Crippen LogP contribution in [-0.4, -0.2) is 0 Å². The Morgan fingerprint density at radius 2 is 0.795 bits per heavy atom. The highest BCUT2D eigenvalue weighted by molar-refractivity contribution is 5.18. The van der Waals surface area contributed by atoms with E-state index in [2.05, 4.69) is 57.5 Å². The lowest BCUT2D eigenvalue weighted by atomic mass is 9.80. The first-order valence-electron chi connectivity index (χ1n) is 17.4. The SMILES string of the molecule is C=CCCCCCCC(CCCCCC=C)=C(CCCCCC=C)C(CCCCCC=C)CCCCCCC. The fraction of sp³-hybridized carbons (Fsp3) is 0.744. The minimum Gasteiger partial charge on any atom is -0.103 e. The molecule has 0 aliphatic rings. The molecule has 0 amide bonds. The first-order chi connectivity index (χ1) is 19.2. The van der Waals surface area contributed by atoms with E-state index in [1.165, 1.54) is 173 Å². The van der Waals surface area contributed by atoms with Gasteiger partial charge in [0.1, 0.15) is 0 Å². The van der Waals surface area contributed by atoms with Gasteiger partial charge in [-0.3, -0.25) is 0 Å². The molecule has 0 aliphatic heterocycles. The molecule has 39 heavy (non-hydrogen) atoms. The van der Waals surface area contributed by atoms with Crippen molar-refractivity contribution in [2.45, 2.75) is 180 Å². The van der Waals surface area contributed by atoms with Gasteiger partial charge in [-0.2, -0.15) is 0 Å². The molecule has 1 unspecified atom stereocenters. The summed E-state index contributed by atoms with van der Waals surface area (Å²) in [5.74, 6) is 0.818. The maximum atomic E-state index is 3.95. The van der Waals surface area contributed by atoms with Crippen molar-refractivity contribution in [1.29, 1.82) is 0 Å². The summed E-state index contributed by atoms with van der Waals surface area (Å²) < 4.78 is 0. The molecule has 1 atom stereocenters. The van der Waals surface area contributed by atoms with Crippen molar-refractivity contribution < 1.29 is 0 Å². The van der Waals surface area contributed by atoms with Crippen molar-refractivity contribution in [3.63, 3.8) is 0 Å². The Hall–Kier alpha value is -1.30. The molecule has 0 aromatic heterocycles. The second kappa shape index (κ2) is 31.2. The standard InChI is InChI=1S/C39H70/c1-6-11-16-21-26-30-35-38(34-29-24-19-14-9-4)39(36-31-25-20-15-10-5)37(32-27-22-17-12-7-2)33-28-23-18-13-8-3/h6-7,9-10,37H,1-2,4-5,8,11-36H2,3H3. The van der Waals surface area contributed by atoms with Gasteiger partial charge in [0, 0.05) is 0 Å². The number of unbranched alkanes of at least 4 members (excludes halogenated alkanes) is 17. The van der Waals surface area contributed by atoms with Crippen molar-refractivity contribution in [3.8, 4) is 0 Å². The Kier molecular flexibility index (Phi) is 30.2. The van der Waals surface area contributed by atoms with E-state index in [-0.39, 0.29) is 0 Å². The number of hydrogen-bond donors (Lipinski definition) is 0. The summed E-state index contributed by atoms with van der Waals surface area (Å²) >= 11 is 0. The number of hydrogen-bond acceptors (Lipinski definition) is 0. The van der Waals surface area contributed by atoms with Gasteiger partial charge in [-0.15, -0.1) is 26.3 Å². The molecule has 0 bridgehead atoms. The normalized spacial score (nSPS) is 12.6. The van der Waals surface area contributed by atoms with Gasteiger partial charge < -0.3 is 0 Å². The Labute approximate surface area is 247 Å². The second-order valence-electron chi connectivity index (χ2n) is 12.0. The van der Waals surface area contributed by atoms with E-state index in [1.807, 2.05) is 11.1 Å². The van der Waals surface area contributed by atoms with E-state index in [4.69, 9.17) is 0 Å². The van der Waals surface area contributed by atoms with Crippen molar-refractivity contribution >= 4 is 0 Å². The van der Waals surface area contributed by atoms with Crippen LogP contribution in [0.15, 0.2) is 61.8 Å². The lowest BCUT2D eigenvalue weighted by Crippen LogP contribution is -2.10. The molecular weight excluding hydrogens is 468 g/mol. The molecule has 0 fully saturated rings. The molecule has 0 saturated heterocycles. The first kappa shape index (κ1) is 37.7. The molecule has 0 nitrogen and oxygen atoms in total. The largest absolute Gasteiger partial charge is 0.103 e. The zero-order valence-electron chi connectivity index (χ0n) is 26.8. The molecule has 0 heteroatoms. The molecule has 0 spiro atoms. The molecule has 0 radical (unpaired) electrons. The molecule has 0 aromatic rings. The molecule has 0 aliphatic carbocycles. The van der Waals surface area contributed by atoms with Crippen LogP contribution >= 0.6 is 0 Å². The molecule has 0 aromatic carbocycles. The third-order valence-corrected chi connectivity index (χ3v) is 8.44. The van der Waals surface area contributed by atoms with Crippen molar-refractivity contribution in [1.82, 2.24) is 0 Å². The quantitative estimate of drug-likeness (QED) is 0.0590. The molecule has 0 N–H and O–H groups in total. The third kappa shape index (κ3) is 24.2. The summed E-state index contributed by atoms with van der Waals surface area (Å²) in [7, 11) is 0. The highest BCUT2D eigenvalue weighted by Crippen LogP contribution is 2.35. The first-order valence-corrected chi connectivity index (χ1v) is 17.4. The Balaban J connectivity index is 5.69. The van der Waals surface area contributed by atoms with Gasteiger partial charge in [-0.25, -0.2) is 0 Å². The smallest absolute Gasteiger partial charge is 0.0201 e. The van der Waals surface area contributed by atoms with Crippen LogP contribution in [0.5, 0.6) is 0 Å². The molecule has 0 saturated carbocycles. The minimum atomic E-state index is 0.818. The van der Waals surface area contributed by atoms with E-state index >= 15 is 0 Å². The molecule has 0 heterocycles. The van der Waals surface area contributed by atoms with Gasteiger partial charge in [0.15, 0.2) is 0 Å². The molecule has 0 rings (SSSR count). The minimum absolute atomic E-state index is 0.818. The summed E-state index contributed by atoms with van der Waals surface area (Å²) in [6, 6.07) is 0. The van der Waals surface area contributed by atoms with Gasteiger partial charge in [0.2, 0.25) is 0 Å². The monoisotopic (exact) mass is 539 g/mol. The zero-order valence-corrected chi connectivity index (χ0v) is 26.8. The number of rotatable bonds is 32. The van der Waals surface area contributed by atoms with Crippen LogP contribution in [-0.2, 0) is 0 Å². The van der Waals surface area contributed by atoms with Gasteiger partial charge >= 0.3 is 0 Å². The van der Waals surface area contributed by atoms with Crippen LogP contribution in [0.4, 0.5) is 0 Å². The second-order valence-corrected chi connectivity index (χ2v) is 12.0. The lowest BCUT2D eigenvalue weighted by molar-refractivity contribution is 0.432. The van der Waals surface area contributed by atoms with Gasteiger partial charge in [-0.05, 0) is 109 Å². The van der Waals surface area contributed by atoms with Crippen LogP contribution in [0.2, 0.25) is 0 Å². The van der Waals surface area contributed by atoms with E-state index in [0.29, 0.717) is 0 Å². The highest BCUT2D eigenvalue weighted by Gasteiger charge is 2.18. The van der Waals surface area contributed by atoms with Crippen molar-refractivity contribution in [2.75, 3.05) is 0 Å². The molecular formula is C39H70. The van der Waals surface area contributed by atoms with E-state index in [0.717, 1.165) is 5.92 Å².